The van der Waals surface area contributed by atoms with E-state index in [2.05, 4.69) is 15.6 Å². The number of nitrogens with zero attached hydrogens (tertiary/aromatic N) is 1. The Kier molecular flexibility index (Phi) is 5.39. The zero-order valence-corrected chi connectivity index (χ0v) is 13.7. The standard InChI is InChI=1S/C17H20ClN3O/c1-4-12(3)20-17(22)13-7-15(10-19-9-13)21-16-8-14(18)6-5-11(16)2/h5-10,12,21H,4H2,1-3H3,(H,20,22). The van der Waals surface area contributed by atoms with E-state index in [1.54, 1.807) is 18.5 Å². The molecule has 1 aromatic carbocycles. The molecule has 2 rings (SSSR count). The fraction of sp³-hybridized carbons (Fsp3) is 0.294. The van der Waals surface area contributed by atoms with Gasteiger partial charge in [0, 0.05) is 22.9 Å². The zero-order chi connectivity index (χ0) is 16.1. The third kappa shape index (κ3) is 4.21. The van der Waals surface area contributed by atoms with Crippen molar-refractivity contribution in [3.05, 3.63) is 52.8 Å². The van der Waals surface area contributed by atoms with Gasteiger partial charge in [-0.15, -0.1) is 0 Å². The van der Waals surface area contributed by atoms with E-state index < -0.39 is 0 Å². The van der Waals surface area contributed by atoms with Crippen LogP contribution in [0.25, 0.3) is 0 Å². The molecular formula is C17H20ClN3O. The maximum absolute atomic E-state index is 12.1. The summed E-state index contributed by atoms with van der Waals surface area (Å²) in [6, 6.07) is 7.56. The van der Waals surface area contributed by atoms with Gasteiger partial charge in [-0.3, -0.25) is 9.78 Å². The highest BCUT2D eigenvalue weighted by molar-refractivity contribution is 6.30. The number of hydrogen-bond donors (Lipinski definition) is 2. The van der Waals surface area contributed by atoms with E-state index in [9.17, 15) is 4.79 Å². The largest absolute Gasteiger partial charge is 0.354 e. The van der Waals surface area contributed by atoms with Crippen LogP contribution < -0.4 is 10.6 Å². The summed E-state index contributed by atoms with van der Waals surface area (Å²) < 4.78 is 0. The normalized spacial score (nSPS) is 11.8. The van der Waals surface area contributed by atoms with Gasteiger partial charge >= 0.3 is 0 Å². The molecule has 0 aliphatic carbocycles. The fourth-order valence-corrected chi connectivity index (χ4v) is 2.10. The predicted molar refractivity (Wildman–Crippen MR) is 90.9 cm³/mol. The number of rotatable bonds is 5. The summed E-state index contributed by atoms with van der Waals surface area (Å²) in [7, 11) is 0. The molecule has 116 valence electrons. The van der Waals surface area contributed by atoms with Crippen molar-refractivity contribution >= 4 is 28.9 Å². The minimum atomic E-state index is -0.117. The maximum Gasteiger partial charge on any atom is 0.253 e. The van der Waals surface area contributed by atoms with Crippen molar-refractivity contribution in [3.8, 4) is 0 Å². The van der Waals surface area contributed by atoms with Gasteiger partial charge in [-0.1, -0.05) is 24.6 Å². The molecule has 0 aliphatic heterocycles. The molecule has 1 heterocycles. The second kappa shape index (κ2) is 7.27. The van der Waals surface area contributed by atoms with Crippen LogP contribution in [-0.2, 0) is 0 Å². The minimum absolute atomic E-state index is 0.117. The van der Waals surface area contributed by atoms with Gasteiger partial charge in [-0.05, 0) is 44.0 Å². The van der Waals surface area contributed by atoms with Crippen molar-refractivity contribution in [1.29, 1.82) is 0 Å². The molecule has 5 heteroatoms. The van der Waals surface area contributed by atoms with E-state index in [4.69, 9.17) is 11.6 Å². The molecule has 1 amide bonds. The van der Waals surface area contributed by atoms with Crippen LogP contribution >= 0.6 is 11.6 Å². The van der Waals surface area contributed by atoms with Crippen LogP contribution in [0.5, 0.6) is 0 Å². The van der Waals surface area contributed by atoms with Gasteiger partial charge in [-0.25, -0.2) is 0 Å². The van der Waals surface area contributed by atoms with Crippen molar-refractivity contribution in [1.82, 2.24) is 10.3 Å². The number of carbonyl (C=O) groups is 1. The van der Waals surface area contributed by atoms with Crippen LogP contribution in [0.4, 0.5) is 11.4 Å². The number of carbonyl (C=O) groups excluding carboxylic acids is 1. The van der Waals surface area contributed by atoms with Crippen LogP contribution in [0, 0.1) is 6.92 Å². The number of nitrogens with one attached hydrogen (secondary N) is 2. The summed E-state index contributed by atoms with van der Waals surface area (Å²) in [5.74, 6) is -0.117. The SMILES string of the molecule is CCC(C)NC(=O)c1cncc(Nc2cc(Cl)ccc2C)c1. The Balaban J connectivity index is 2.18. The van der Waals surface area contributed by atoms with E-state index in [-0.39, 0.29) is 11.9 Å². The molecule has 0 saturated heterocycles. The number of aryl methyl sites for hydroxylation is 1. The number of pyridine rings is 1. The van der Waals surface area contributed by atoms with Crippen LogP contribution in [0.15, 0.2) is 36.7 Å². The van der Waals surface area contributed by atoms with Crippen molar-refractivity contribution in [2.75, 3.05) is 5.32 Å². The van der Waals surface area contributed by atoms with E-state index in [0.717, 1.165) is 23.4 Å². The summed E-state index contributed by atoms with van der Waals surface area (Å²) >= 11 is 6.02. The first kappa shape index (κ1) is 16.3. The number of benzene rings is 1. The highest BCUT2D eigenvalue weighted by atomic mass is 35.5. The molecule has 0 spiro atoms. The van der Waals surface area contributed by atoms with Crippen molar-refractivity contribution < 1.29 is 4.79 Å². The number of aromatic nitrogens is 1. The van der Waals surface area contributed by atoms with Crippen molar-refractivity contribution in [2.45, 2.75) is 33.2 Å². The molecule has 4 nitrogen and oxygen atoms in total. The Morgan fingerprint density at radius 1 is 1.32 bits per heavy atom. The maximum atomic E-state index is 12.1. The summed E-state index contributed by atoms with van der Waals surface area (Å²) in [5, 5.41) is 6.84. The van der Waals surface area contributed by atoms with Gasteiger partial charge in [0.1, 0.15) is 0 Å². The smallest absolute Gasteiger partial charge is 0.253 e. The van der Waals surface area contributed by atoms with Gasteiger partial charge < -0.3 is 10.6 Å². The van der Waals surface area contributed by atoms with E-state index >= 15 is 0 Å². The highest BCUT2D eigenvalue weighted by Crippen LogP contribution is 2.24. The first-order valence-corrected chi connectivity index (χ1v) is 7.66. The summed E-state index contributed by atoms with van der Waals surface area (Å²) in [4.78, 5) is 16.3. The molecule has 0 aliphatic rings. The van der Waals surface area contributed by atoms with Gasteiger partial charge in [-0.2, -0.15) is 0 Å². The van der Waals surface area contributed by atoms with Crippen LogP contribution in [0.3, 0.4) is 0 Å². The summed E-state index contributed by atoms with van der Waals surface area (Å²) in [6.45, 7) is 6.00. The van der Waals surface area contributed by atoms with Crippen LogP contribution in [0.2, 0.25) is 5.02 Å². The van der Waals surface area contributed by atoms with Crippen LogP contribution in [0.1, 0.15) is 36.2 Å². The highest BCUT2D eigenvalue weighted by Gasteiger charge is 2.10. The summed E-state index contributed by atoms with van der Waals surface area (Å²) in [6.07, 6.45) is 4.13. The molecule has 2 N–H and O–H groups in total. The number of amides is 1. The number of halogens is 1. The molecule has 1 aromatic heterocycles. The van der Waals surface area contributed by atoms with Crippen molar-refractivity contribution in [3.63, 3.8) is 0 Å². The number of hydrogen-bond acceptors (Lipinski definition) is 3. The Morgan fingerprint density at radius 3 is 2.82 bits per heavy atom. The summed E-state index contributed by atoms with van der Waals surface area (Å²) in [5.41, 5.74) is 3.25. The Morgan fingerprint density at radius 2 is 2.09 bits per heavy atom. The predicted octanol–water partition coefficient (Wildman–Crippen LogP) is 4.32. The first-order valence-electron chi connectivity index (χ1n) is 7.28. The van der Waals surface area contributed by atoms with Gasteiger partial charge in [0.25, 0.3) is 5.91 Å². The molecular weight excluding hydrogens is 298 g/mol. The second-order valence-corrected chi connectivity index (χ2v) is 5.77. The first-order chi connectivity index (χ1) is 10.5. The lowest BCUT2D eigenvalue weighted by Crippen LogP contribution is -2.31. The molecule has 0 fully saturated rings. The van der Waals surface area contributed by atoms with Crippen LogP contribution in [-0.4, -0.2) is 16.9 Å². The van der Waals surface area contributed by atoms with Gasteiger partial charge in [0.2, 0.25) is 0 Å². The monoisotopic (exact) mass is 317 g/mol. The third-order valence-corrected chi connectivity index (χ3v) is 3.70. The lowest BCUT2D eigenvalue weighted by Gasteiger charge is -2.13. The van der Waals surface area contributed by atoms with E-state index in [0.29, 0.717) is 10.6 Å². The lowest BCUT2D eigenvalue weighted by molar-refractivity contribution is 0.0939. The quantitative estimate of drug-likeness (QED) is 0.863. The average molecular weight is 318 g/mol. The average Bonchev–Trinajstić information content (AvgIpc) is 2.51. The molecule has 0 saturated carbocycles. The Bertz CT molecular complexity index is 673. The molecule has 0 radical (unpaired) electrons. The minimum Gasteiger partial charge on any atom is -0.354 e. The van der Waals surface area contributed by atoms with Gasteiger partial charge in [0.05, 0.1) is 17.4 Å². The van der Waals surface area contributed by atoms with E-state index in [1.165, 1.54) is 0 Å². The van der Waals surface area contributed by atoms with Crippen molar-refractivity contribution in [2.24, 2.45) is 0 Å². The van der Waals surface area contributed by atoms with E-state index in [1.807, 2.05) is 39.0 Å². The topological polar surface area (TPSA) is 54.0 Å². The number of anilines is 2. The zero-order valence-electron chi connectivity index (χ0n) is 13.0. The Hall–Kier alpha value is -2.07. The molecule has 0 bridgehead atoms. The van der Waals surface area contributed by atoms with Gasteiger partial charge in [0.15, 0.2) is 0 Å². The third-order valence-electron chi connectivity index (χ3n) is 3.47. The molecule has 1 atom stereocenters. The second-order valence-electron chi connectivity index (χ2n) is 5.33. The molecule has 2 aromatic rings. The molecule has 22 heavy (non-hydrogen) atoms. The fourth-order valence-electron chi connectivity index (χ4n) is 1.93. The lowest BCUT2D eigenvalue weighted by atomic mass is 10.2. The molecule has 1 unspecified atom stereocenters. The Labute approximate surface area is 135 Å².